The first-order chi connectivity index (χ1) is 19.1. The van der Waals surface area contributed by atoms with Crippen LogP contribution in [0, 0.1) is 35.0 Å². The minimum absolute atomic E-state index is 0.0403. The minimum Gasteiger partial charge on any atom is -0.332 e. The molecule has 0 bridgehead atoms. The summed E-state index contributed by atoms with van der Waals surface area (Å²) in [6, 6.07) is -0.634. The largest absolute Gasteiger partial charge is 0.405 e. The second-order valence-electron chi connectivity index (χ2n) is 14.3. The van der Waals surface area contributed by atoms with Crippen LogP contribution < -0.4 is 16.0 Å². The number of alkyl halides is 3. The van der Waals surface area contributed by atoms with Crippen molar-refractivity contribution in [1.82, 2.24) is 30.7 Å². The van der Waals surface area contributed by atoms with Gasteiger partial charge in [0.15, 0.2) is 5.96 Å². The third-order valence-electron chi connectivity index (χ3n) is 11.6. The zero-order valence-corrected chi connectivity index (χ0v) is 24.7. The Morgan fingerprint density at radius 3 is 2.27 bits per heavy atom. The Labute approximate surface area is 238 Å². The number of hydrogen-bond acceptors (Lipinski definition) is 5. The lowest BCUT2D eigenvalue weighted by Crippen LogP contribution is -2.68. The third kappa shape index (κ3) is 5.51. The van der Waals surface area contributed by atoms with Crippen LogP contribution in [0.1, 0.15) is 84.5 Å². The second-order valence-corrected chi connectivity index (χ2v) is 14.3. The summed E-state index contributed by atoms with van der Waals surface area (Å²) >= 11 is 0. The van der Waals surface area contributed by atoms with Gasteiger partial charge in [0.1, 0.15) is 12.2 Å². The Bertz CT molecular complexity index is 887. The van der Waals surface area contributed by atoms with Crippen molar-refractivity contribution in [1.29, 1.82) is 5.41 Å². The van der Waals surface area contributed by atoms with Gasteiger partial charge in [-0.3, -0.25) is 26.3 Å². The van der Waals surface area contributed by atoms with E-state index in [1.54, 1.807) is 0 Å². The first-order valence-corrected chi connectivity index (χ1v) is 16.3. The smallest absolute Gasteiger partial charge is 0.332 e. The summed E-state index contributed by atoms with van der Waals surface area (Å²) in [5, 5.41) is 20.2. The molecule has 0 aromatic heterocycles. The molecule has 7 unspecified atom stereocenters. The normalized spacial score (nSPS) is 42.0. The highest BCUT2D eigenvalue weighted by Gasteiger charge is 2.52. The fourth-order valence-corrected chi connectivity index (χ4v) is 9.16. The van der Waals surface area contributed by atoms with Crippen molar-refractivity contribution >= 4 is 5.96 Å². The molecule has 7 nitrogen and oxygen atoms in total. The highest BCUT2D eigenvalue weighted by molar-refractivity contribution is 5.81. The molecule has 228 valence electrons. The molecule has 0 spiro atoms. The number of halogens is 3. The molecule has 0 aromatic carbocycles. The van der Waals surface area contributed by atoms with Crippen molar-refractivity contribution in [3.63, 3.8) is 0 Å². The predicted octanol–water partition coefficient (Wildman–Crippen LogP) is 4.37. The number of rotatable bonds is 6. The standard InChI is InChI=1S/C30H52F3N7/c1-18(2)22-9-4-5-10-23(22)26-35-15-24-28(37-26)39(29(34)40(24)21-7-6-8-21)16-19-11-13-20(14-12-19)27-36-25(17-38(27)3)30(31,32)33/h18-28,34-37H,4-17H2,1-3H3. The second kappa shape index (κ2) is 11.5. The number of fused-ring (bicyclic) bond motifs is 1. The number of hydrogen-bond donors (Lipinski definition) is 4. The van der Waals surface area contributed by atoms with Crippen molar-refractivity contribution in [2.24, 2.45) is 29.6 Å². The van der Waals surface area contributed by atoms with E-state index in [-0.39, 0.29) is 24.8 Å². The van der Waals surface area contributed by atoms with E-state index in [4.69, 9.17) is 0 Å². The van der Waals surface area contributed by atoms with Crippen LogP contribution >= 0.6 is 0 Å². The summed E-state index contributed by atoms with van der Waals surface area (Å²) in [5.74, 6) is 3.50. The van der Waals surface area contributed by atoms with Crippen LogP contribution in [0.15, 0.2) is 0 Å². The van der Waals surface area contributed by atoms with E-state index < -0.39 is 12.2 Å². The maximum absolute atomic E-state index is 13.3. The van der Waals surface area contributed by atoms with E-state index in [1.165, 1.54) is 44.9 Å². The Kier molecular flexibility index (Phi) is 8.36. The van der Waals surface area contributed by atoms with Gasteiger partial charge in [-0.25, -0.2) is 0 Å². The molecule has 6 rings (SSSR count). The van der Waals surface area contributed by atoms with Crippen LogP contribution in [-0.2, 0) is 0 Å². The van der Waals surface area contributed by atoms with Crippen molar-refractivity contribution < 1.29 is 13.2 Å². The zero-order chi connectivity index (χ0) is 28.2. The van der Waals surface area contributed by atoms with Crippen molar-refractivity contribution in [3.8, 4) is 0 Å². The molecule has 4 N–H and O–H groups in total. The number of nitrogens with zero attached hydrogens (tertiary/aromatic N) is 3. The van der Waals surface area contributed by atoms with Gasteiger partial charge >= 0.3 is 6.18 Å². The Balaban J connectivity index is 1.11. The molecule has 3 saturated carbocycles. The van der Waals surface area contributed by atoms with Crippen LogP contribution in [0.5, 0.6) is 0 Å². The van der Waals surface area contributed by atoms with E-state index >= 15 is 0 Å². The number of likely N-dealkylation sites (N-methyl/N-ethyl adjacent to an activating group) is 1. The quantitative estimate of drug-likeness (QED) is 0.382. The van der Waals surface area contributed by atoms with Gasteiger partial charge in [0.05, 0.1) is 18.4 Å². The molecule has 3 aliphatic carbocycles. The molecule has 40 heavy (non-hydrogen) atoms. The topological polar surface area (TPSA) is 69.7 Å². The summed E-state index contributed by atoms with van der Waals surface area (Å²) in [7, 11) is 1.82. The van der Waals surface area contributed by atoms with Gasteiger partial charge in [-0.05, 0) is 94.4 Å². The summed E-state index contributed by atoms with van der Waals surface area (Å²) < 4.78 is 40.0. The molecule has 10 heteroatoms. The van der Waals surface area contributed by atoms with E-state index in [9.17, 15) is 18.6 Å². The molecule has 3 heterocycles. The molecule has 0 aromatic rings. The molecule has 3 saturated heterocycles. The fraction of sp³-hybridized carbons (Fsp3) is 0.967. The van der Waals surface area contributed by atoms with Crippen LogP contribution in [0.3, 0.4) is 0 Å². The summed E-state index contributed by atoms with van der Waals surface area (Å²) in [6.07, 6.45) is 8.94. The van der Waals surface area contributed by atoms with Crippen LogP contribution in [0.2, 0.25) is 0 Å². The van der Waals surface area contributed by atoms with Crippen LogP contribution in [0.25, 0.3) is 0 Å². The maximum Gasteiger partial charge on any atom is 0.405 e. The first-order valence-electron chi connectivity index (χ1n) is 16.3. The zero-order valence-electron chi connectivity index (χ0n) is 24.7. The van der Waals surface area contributed by atoms with Crippen LogP contribution in [-0.4, -0.2) is 90.1 Å². The fourth-order valence-electron chi connectivity index (χ4n) is 9.16. The third-order valence-corrected chi connectivity index (χ3v) is 11.6. The molecular weight excluding hydrogens is 515 g/mol. The number of guanidine groups is 1. The lowest BCUT2D eigenvalue weighted by molar-refractivity contribution is -0.150. The molecule has 3 aliphatic heterocycles. The van der Waals surface area contributed by atoms with Crippen molar-refractivity contribution in [2.75, 3.05) is 26.7 Å². The minimum atomic E-state index is -4.19. The van der Waals surface area contributed by atoms with Gasteiger partial charge in [0.25, 0.3) is 0 Å². The van der Waals surface area contributed by atoms with E-state index in [0.717, 1.165) is 44.7 Å². The van der Waals surface area contributed by atoms with Gasteiger partial charge in [-0.1, -0.05) is 26.7 Å². The van der Waals surface area contributed by atoms with Gasteiger partial charge in [0.2, 0.25) is 0 Å². The lowest BCUT2D eigenvalue weighted by Gasteiger charge is -2.47. The lowest BCUT2D eigenvalue weighted by atomic mass is 9.71. The Morgan fingerprint density at radius 1 is 0.925 bits per heavy atom. The molecule has 6 fully saturated rings. The SMILES string of the molecule is CC(C)C1CCCCC1C1NCC2C(N1)N(CC1CCC(C3NC(C(F)(F)F)CN3C)CC1)C(=N)N2C1CCC1. The predicted molar refractivity (Wildman–Crippen MR) is 152 cm³/mol. The average molecular weight is 568 g/mol. The van der Waals surface area contributed by atoms with E-state index in [2.05, 4.69) is 39.6 Å². The molecule has 0 radical (unpaired) electrons. The van der Waals surface area contributed by atoms with Crippen molar-refractivity contribution in [3.05, 3.63) is 0 Å². The van der Waals surface area contributed by atoms with Gasteiger partial charge in [0, 0.05) is 25.7 Å². The monoisotopic (exact) mass is 567 g/mol. The highest BCUT2D eigenvalue weighted by Crippen LogP contribution is 2.41. The maximum atomic E-state index is 13.3. The molecule has 7 atom stereocenters. The van der Waals surface area contributed by atoms with Gasteiger partial charge in [-0.15, -0.1) is 0 Å². The van der Waals surface area contributed by atoms with E-state index in [1.807, 2.05) is 11.9 Å². The average Bonchev–Trinajstić information content (AvgIpc) is 3.42. The van der Waals surface area contributed by atoms with E-state index in [0.29, 0.717) is 42.0 Å². The summed E-state index contributed by atoms with van der Waals surface area (Å²) in [4.78, 5) is 6.68. The summed E-state index contributed by atoms with van der Waals surface area (Å²) in [5.41, 5.74) is 0. The Morgan fingerprint density at radius 2 is 1.65 bits per heavy atom. The van der Waals surface area contributed by atoms with Gasteiger partial charge < -0.3 is 9.80 Å². The highest BCUT2D eigenvalue weighted by atomic mass is 19.4. The Hall–Kier alpha value is -1.10. The number of nitrogens with one attached hydrogen (secondary N) is 4. The summed E-state index contributed by atoms with van der Waals surface area (Å²) in [6.45, 7) is 6.61. The first kappa shape index (κ1) is 29.0. The molecular formula is C30H52F3N7. The molecule has 0 amide bonds. The van der Waals surface area contributed by atoms with Gasteiger partial charge in [-0.2, -0.15) is 13.2 Å². The molecule has 6 aliphatic rings. The van der Waals surface area contributed by atoms with Crippen molar-refractivity contribution in [2.45, 2.75) is 127 Å². The van der Waals surface area contributed by atoms with Crippen LogP contribution in [0.4, 0.5) is 13.2 Å².